The number of thiazole rings is 1. The minimum atomic E-state index is -0.514. The lowest BCUT2D eigenvalue weighted by Gasteiger charge is -2.19. The summed E-state index contributed by atoms with van der Waals surface area (Å²) in [7, 11) is 0. The molecule has 0 saturated carbocycles. The molecular formula is C15H22N2O3S. The second-order valence-electron chi connectivity index (χ2n) is 5.80. The number of rotatable bonds is 5. The molecule has 6 heteroatoms. The topological polar surface area (TPSA) is 68.3 Å². The molecule has 0 unspecified atom stereocenters. The van der Waals surface area contributed by atoms with Crippen LogP contribution in [0.25, 0.3) is 5.57 Å². The van der Waals surface area contributed by atoms with Gasteiger partial charge in [0.05, 0.1) is 9.88 Å². The van der Waals surface area contributed by atoms with Gasteiger partial charge in [-0.15, -0.1) is 11.3 Å². The van der Waals surface area contributed by atoms with E-state index in [0.717, 1.165) is 15.5 Å². The van der Waals surface area contributed by atoms with E-state index in [0.29, 0.717) is 18.7 Å². The zero-order chi connectivity index (χ0) is 16.2. The van der Waals surface area contributed by atoms with Gasteiger partial charge >= 0.3 is 6.09 Å². The van der Waals surface area contributed by atoms with Crippen LogP contribution in [0.5, 0.6) is 0 Å². The Morgan fingerprint density at radius 2 is 1.95 bits per heavy atom. The predicted molar refractivity (Wildman–Crippen MR) is 84.8 cm³/mol. The van der Waals surface area contributed by atoms with E-state index in [2.05, 4.69) is 16.9 Å². The van der Waals surface area contributed by atoms with Crippen LogP contribution in [-0.4, -0.2) is 29.0 Å². The highest BCUT2D eigenvalue weighted by molar-refractivity contribution is 7.13. The maximum absolute atomic E-state index is 11.5. The lowest BCUT2D eigenvalue weighted by atomic mass is 10.2. The number of ketones is 1. The first-order valence-electron chi connectivity index (χ1n) is 6.73. The number of nitrogens with zero attached hydrogens (tertiary/aromatic N) is 1. The number of hydrogen-bond donors (Lipinski definition) is 1. The Morgan fingerprint density at radius 1 is 1.33 bits per heavy atom. The van der Waals surface area contributed by atoms with E-state index in [1.54, 1.807) is 0 Å². The van der Waals surface area contributed by atoms with Gasteiger partial charge in [-0.25, -0.2) is 9.78 Å². The number of carbonyl (C=O) groups is 2. The van der Waals surface area contributed by atoms with Gasteiger partial charge in [0.1, 0.15) is 11.3 Å². The second-order valence-corrected chi connectivity index (χ2v) is 6.88. The van der Waals surface area contributed by atoms with Crippen molar-refractivity contribution >= 4 is 28.8 Å². The molecule has 21 heavy (non-hydrogen) atoms. The highest BCUT2D eigenvalue weighted by Gasteiger charge is 2.17. The normalized spacial score (nSPS) is 11.1. The number of alkyl carbamates (subject to hydrolysis) is 1. The summed E-state index contributed by atoms with van der Waals surface area (Å²) in [4.78, 5) is 28.2. The SMILES string of the molecule is C=C(C)c1sc(CCNC(=O)OC(C)(C)C)nc1C(C)=O. The fraction of sp³-hybridized carbons (Fsp3) is 0.533. The maximum Gasteiger partial charge on any atom is 0.407 e. The van der Waals surface area contributed by atoms with Crippen LogP contribution >= 0.6 is 11.3 Å². The molecule has 1 heterocycles. The van der Waals surface area contributed by atoms with Crippen molar-refractivity contribution in [3.63, 3.8) is 0 Å². The van der Waals surface area contributed by atoms with E-state index >= 15 is 0 Å². The summed E-state index contributed by atoms with van der Waals surface area (Å²) >= 11 is 1.44. The Morgan fingerprint density at radius 3 is 2.38 bits per heavy atom. The molecule has 0 spiro atoms. The fourth-order valence-corrected chi connectivity index (χ4v) is 2.62. The van der Waals surface area contributed by atoms with Crippen LogP contribution in [0.2, 0.25) is 0 Å². The van der Waals surface area contributed by atoms with Crippen molar-refractivity contribution in [2.24, 2.45) is 0 Å². The van der Waals surface area contributed by atoms with Crippen LogP contribution in [0.4, 0.5) is 4.79 Å². The Bertz CT molecular complexity index is 524. The Labute approximate surface area is 129 Å². The zero-order valence-corrected chi connectivity index (χ0v) is 14.0. The van der Waals surface area contributed by atoms with E-state index in [1.807, 2.05) is 27.7 Å². The molecule has 1 rings (SSSR count). The minimum absolute atomic E-state index is 0.0735. The van der Waals surface area contributed by atoms with Crippen molar-refractivity contribution in [3.8, 4) is 0 Å². The molecule has 1 amide bonds. The average Bonchev–Trinajstić information content (AvgIpc) is 2.70. The number of carbonyl (C=O) groups excluding carboxylic acids is 2. The molecule has 0 radical (unpaired) electrons. The molecule has 0 fully saturated rings. The second kappa shape index (κ2) is 6.85. The lowest BCUT2D eigenvalue weighted by molar-refractivity contribution is 0.0528. The number of aromatic nitrogens is 1. The third kappa shape index (κ3) is 5.67. The molecule has 5 nitrogen and oxygen atoms in total. The summed E-state index contributed by atoms with van der Waals surface area (Å²) in [6.07, 6.45) is 0.100. The number of nitrogens with one attached hydrogen (secondary N) is 1. The van der Waals surface area contributed by atoms with Gasteiger partial charge in [0.25, 0.3) is 0 Å². The van der Waals surface area contributed by atoms with E-state index < -0.39 is 11.7 Å². The summed E-state index contributed by atoms with van der Waals surface area (Å²) < 4.78 is 5.15. The van der Waals surface area contributed by atoms with Crippen molar-refractivity contribution in [1.82, 2.24) is 10.3 Å². The van der Waals surface area contributed by atoms with Crippen LogP contribution in [0.3, 0.4) is 0 Å². The molecule has 1 aromatic rings. The average molecular weight is 310 g/mol. The molecule has 0 saturated heterocycles. The van der Waals surface area contributed by atoms with E-state index in [-0.39, 0.29) is 5.78 Å². The first-order chi connectivity index (χ1) is 9.60. The van der Waals surface area contributed by atoms with Gasteiger partial charge in [0.2, 0.25) is 0 Å². The first-order valence-corrected chi connectivity index (χ1v) is 7.55. The van der Waals surface area contributed by atoms with Crippen LogP contribution in [0.1, 0.15) is 55.0 Å². The molecule has 0 aliphatic rings. The number of ether oxygens (including phenoxy) is 1. The van der Waals surface area contributed by atoms with E-state index in [9.17, 15) is 9.59 Å². The molecule has 0 atom stereocenters. The standard InChI is InChI=1S/C15H22N2O3S/c1-9(2)13-12(10(3)18)17-11(21-13)7-8-16-14(19)20-15(4,5)6/h1,7-8H2,2-6H3,(H,16,19). The van der Waals surface area contributed by atoms with Gasteiger partial charge in [-0.1, -0.05) is 6.58 Å². The number of amides is 1. The van der Waals surface area contributed by atoms with Crippen molar-refractivity contribution < 1.29 is 14.3 Å². The molecule has 116 valence electrons. The highest BCUT2D eigenvalue weighted by Crippen LogP contribution is 2.25. The molecule has 0 bridgehead atoms. The van der Waals surface area contributed by atoms with Crippen molar-refractivity contribution in [3.05, 3.63) is 22.2 Å². The smallest absolute Gasteiger partial charge is 0.407 e. The molecule has 1 N–H and O–H groups in total. The summed E-state index contributed by atoms with van der Waals surface area (Å²) in [5.74, 6) is -0.0735. The van der Waals surface area contributed by atoms with E-state index in [1.165, 1.54) is 18.3 Å². The van der Waals surface area contributed by atoms with Crippen LogP contribution in [0, 0.1) is 0 Å². The molecule has 1 aromatic heterocycles. The number of hydrogen-bond acceptors (Lipinski definition) is 5. The summed E-state index contributed by atoms with van der Waals surface area (Å²) in [5, 5.41) is 3.47. The van der Waals surface area contributed by atoms with Crippen molar-refractivity contribution in [1.29, 1.82) is 0 Å². The first kappa shape index (κ1) is 17.4. The minimum Gasteiger partial charge on any atom is -0.444 e. The van der Waals surface area contributed by atoms with Crippen LogP contribution in [-0.2, 0) is 11.2 Å². The van der Waals surface area contributed by atoms with Gasteiger partial charge in [0.15, 0.2) is 5.78 Å². The third-order valence-electron chi connectivity index (χ3n) is 2.40. The van der Waals surface area contributed by atoms with Crippen molar-refractivity contribution in [2.75, 3.05) is 6.54 Å². The Kier molecular flexibility index (Phi) is 5.66. The van der Waals surface area contributed by atoms with Gasteiger partial charge < -0.3 is 10.1 Å². The molecular weight excluding hydrogens is 288 g/mol. The van der Waals surface area contributed by atoms with E-state index in [4.69, 9.17) is 4.74 Å². The zero-order valence-electron chi connectivity index (χ0n) is 13.2. The fourth-order valence-electron chi connectivity index (χ4n) is 1.58. The lowest BCUT2D eigenvalue weighted by Crippen LogP contribution is -2.33. The summed E-state index contributed by atoms with van der Waals surface area (Å²) in [5.41, 5.74) is 0.768. The number of allylic oxidation sites excluding steroid dienone is 1. The van der Waals surface area contributed by atoms with Gasteiger partial charge in [-0.05, 0) is 33.3 Å². The van der Waals surface area contributed by atoms with Gasteiger partial charge in [0, 0.05) is 19.9 Å². The maximum atomic E-state index is 11.5. The monoisotopic (exact) mass is 310 g/mol. The molecule has 0 aromatic carbocycles. The quantitative estimate of drug-likeness (QED) is 0.846. The largest absolute Gasteiger partial charge is 0.444 e. The predicted octanol–water partition coefficient (Wildman–Crippen LogP) is 3.45. The van der Waals surface area contributed by atoms with Crippen LogP contribution in [0.15, 0.2) is 6.58 Å². The highest BCUT2D eigenvalue weighted by atomic mass is 32.1. The molecule has 0 aliphatic carbocycles. The third-order valence-corrected chi connectivity index (χ3v) is 3.68. The summed E-state index contributed by atoms with van der Waals surface area (Å²) in [6, 6.07) is 0. The summed E-state index contributed by atoms with van der Waals surface area (Å²) in [6.45, 7) is 13.0. The van der Waals surface area contributed by atoms with Crippen LogP contribution < -0.4 is 5.32 Å². The van der Waals surface area contributed by atoms with Gasteiger partial charge in [-0.3, -0.25) is 4.79 Å². The molecule has 0 aliphatic heterocycles. The Balaban J connectivity index is 2.61. The van der Waals surface area contributed by atoms with Gasteiger partial charge in [-0.2, -0.15) is 0 Å². The Hall–Kier alpha value is -1.69. The van der Waals surface area contributed by atoms with Crippen molar-refractivity contribution in [2.45, 2.75) is 46.6 Å². The number of Topliss-reactive ketones (excluding diaryl/α,β-unsaturated/α-hetero) is 1.